The molecule has 2 N–H and O–H groups in total. The minimum atomic E-state index is 0.427. The van der Waals surface area contributed by atoms with Crippen LogP contribution < -0.4 is 5.73 Å². The average molecular weight is 252 g/mol. The Balaban J connectivity index is 2.22. The van der Waals surface area contributed by atoms with E-state index in [4.69, 9.17) is 5.73 Å². The van der Waals surface area contributed by atoms with E-state index in [1.807, 2.05) is 11.3 Å². The van der Waals surface area contributed by atoms with Gasteiger partial charge < -0.3 is 5.73 Å². The summed E-state index contributed by atoms with van der Waals surface area (Å²) in [7, 11) is 0. The van der Waals surface area contributed by atoms with Crippen LogP contribution in [-0.4, -0.2) is 23.5 Å². The zero-order valence-electron chi connectivity index (χ0n) is 11.1. The first kappa shape index (κ1) is 13.1. The van der Waals surface area contributed by atoms with Crippen molar-refractivity contribution in [1.82, 2.24) is 4.90 Å². The second kappa shape index (κ2) is 5.51. The Labute approximate surface area is 109 Å². The van der Waals surface area contributed by atoms with Gasteiger partial charge in [0.05, 0.1) is 6.04 Å². The SMILES string of the molecule is CCC1CCC(C)N1C(CN)c1ccc(C)s1. The molecule has 2 nitrogen and oxygen atoms in total. The fourth-order valence-electron chi connectivity index (χ4n) is 3.09. The molecular formula is C14H24N2S. The molecule has 0 radical (unpaired) electrons. The van der Waals surface area contributed by atoms with Crippen molar-refractivity contribution in [2.45, 2.75) is 58.2 Å². The number of thiophene rings is 1. The van der Waals surface area contributed by atoms with E-state index in [0.717, 1.165) is 12.6 Å². The highest BCUT2D eigenvalue weighted by Crippen LogP contribution is 2.36. The van der Waals surface area contributed by atoms with Crippen LogP contribution in [0.1, 0.15) is 48.9 Å². The Bertz CT molecular complexity index is 361. The zero-order valence-corrected chi connectivity index (χ0v) is 12.0. The van der Waals surface area contributed by atoms with E-state index in [0.29, 0.717) is 12.1 Å². The zero-order chi connectivity index (χ0) is 12.4. The Kier molecular flexibility index (Phi) is 4.23. The fraction of sp³-hybridized carbons (Fsp3) is 0.714. The maximum absolute atomic E-state index is 6.04. The van der Waals surface area contributed by atoms with Crippen LogP contribution in [0.2, 0.25) is 0 Å². The Hall–Kier alpha value is -0.380. The minimum Gasteiger partial charge on any atom is -0.329 e. The first-order valence-corrected chi connectivity index (χ1v) is 7.52. The molecule has 2 rings (SSSR count). The molecule has 3 unspecified atom stereocenters. The molecule has 1 aliphatic rings. The number of nitrogens with zero attached hydrogens (tertiary/aromatic N) is 1. The lowest BCUT2D eigenvalue weighted by molar-refractivity contribution is 0.139. The van der Waals surface area contributed by atoms with Crippen molar-refractivity contribution < 1.29 is 0 Å². The van der Waals surface area contributed by atoms with Crippen LogP contribution in [0.15, 0.2) is 12.1 Å². The molecule has 1 aliphatic heterocycles. The third-order valence-electron chi connectivity index (χ3n) is 3.99. The van der Waals surface area contributed by atoms with Gasteiger partial charge in [-0.05, 0) is 45.2 Å². The third-order valence-corrected chi connectivity index (χ3v) is 5.09. The molecular weight excluding hydrogens is 228 g/mol. The Morgan fingerprint density at radius 3 is 2.76 bits per heavy atom. The van der Waals surface area contributed by atoms with Gasteiger partial charge in [0.2, 0.25) is 0 Å². The van der Waals surface area contributed by atoms with Gasteiger partial charge in [-0.15, -0.1) is 11.3 Å². The summed E-state index contributed by atoms with van der Waals surface area (Å²) < 4.78 is 0. The number of hydrogen-bond acceptors (Lipinski definition) is 3. The predicted molar refractivity (Wildman–Crippen MR) is 75.5 cm³/mol. The number of hydrogen-bond donors (Lipinski definition) is 1. The molecule has 3 atom stereocenters. The van der Waals surface area contributed by atoms with Gasteiger partial charge in [0.25, 0.3) is 0 Å². The highest BCUT2D eigenvalue weighted by atomic mass is 32.1. The summed E-state index contributed by atoms with van der Waals surface area (Å²) in [4.78, 5) is 5.49. The fourth-order valence-corrected chi connectivity index (χ4v) is 4.08. The van der Waals surface area contributed by atoms with Crippen LogP contribution in [0.5, 0.6) is 0 Å². The molecule has 0 aliphatic carbocycles. The lowest BCUT2D eigenvalue weighted by atomic mass is 10.1. The molecule has 0 saturated carbocycles. The number of nitrogens with two attached hydrogens (primary N) is 1. The van der Waals surface area contributed by atoms with Crippen molar-refractivity contribution in [3.05, 3.63) is 21.9 Å². The van der Waals surface area contributed by atoms with Gasteiger partial charge in [0, 0.05) is 28.4 Å². The van der Waals surface area contributed by atoms with E-state index < -0.39 is 0 Å². The van der Waals surface area contributed by atoms with Crippen LogP contribution >= 0.6 is 11.3 Å². The van der Waals surface area contributed by atoms with Crippen LogP contribution in [0.25, 0.3) is 0 Å². The average Bonchev–Trinajstić information content (AvgIpc) is 2.89. The summed E-state index contributed by atoms with van der Waals surface area (Å²) in [6.07, 6.45) is 3.89. The molecule has 1 aromatic rings. The van der Waals surface area contributed by atoms with E-state index in [9.17, 15) is 0 Å². The normalized spacial score (nSPS) is 27.5. The van der Waals surface area contributed by atoms with Crippen LogP contribution in [0.3, 0.4) is 0 Å². The maximum Gasteiger partial charge on any atom is 0.0569 e. The molecule has 0 bridgehead atoms. The van der Waals surface area contributed by atoms with Gasteiger partial charge in [-0.3, -0.25) is 4.90 Å². The summed E-state index contributed by atoms with van der Waals surface area (Å²) >= 11 is 1.90. The second-order valence-corrected chi connectivity index (χ2v) is 6.46. The van der Waals surface area contributed by atoms with Crippen molar-refractivity contribution in [2.24, 2.45) is 5.73 Å². The molecule has 0 aromatic carbocycles. The first-order chi connectivity index (χ1) is 8.17. The topological polar surface area (TPSA) is 29.3 Å². The molecule has 2 heterocycles. The van der Waals surface area contributed by atoms with E-state index in [1.54, 1.807) is 0 Å². The lowest BCUT2D eigenvalue weighted by Gasteiger charge is -2.35. The summed E-state index contributed by atoms with van der Waals surface area (Å²) in [5.74, 6) is 0. The predicted octanol–water partition coefficient (Wildman–Crippen LogP) is 3.32. The van der Waals surface area contributed by atoms with Crippen molar-refractivity contribution >= 4 is 11.3 Å². The molecule has 17 heavy (non-hydrogen) atoms. The summed E-state index contributed by atoms with van der Waals surface area (Å²) in [6, 6.07) is 6.30. The molecule has 3 heteroatoms. The molecule has 1 fully saturated rings. The third kappa shape index (κ3) is 2.56. The van der Waals surface area contributed by atoms with Gasteiger partial charge in [0.1, 0.15) is 0 Å². The van der Waals surface area contributed by atoms with Gasteiger partial charge in [-0.1, -0.05) is 6.92 Å². The van der Waals surface area contributed by atoms with E-state index >= 15 is 0 Å². The summed E-state index contributed by atoms with van der Waals surface area (Å²) in [5, 5.41) is 0. The minimum absolute atomic E-state index is 0.427. The maximum atomic E-state index is 6.04. The summed E-state index contributed by atoms with van der Waals surface area (Å²) in [6.45, 7) is 7.55. The van der Waals surface area contributed by atoms with Crippen molar-refractivity contribution in [3.8, 4) is 0 Å². The number of likely N-dealkylation sites (tertiary alicyclic amines) is 1. The smallest absolute Gasteiger partial charge is 0.0569 e. The van der Waals surface area contributed by atoms with Gasteiger partial charge >= 0.3 is 0 Å². The van der Waals surface area contributed by atoms with E-state index in [2.05, 4.69) is 37.8 Å². The Morgan fingerprint density at radius 2 is 2.24 bits per heavy atom. The molecule has 1 saturated heterocycles. The van der Waals surface area contributed by atoms with Gasteiger partial charge in [-0.25, -0.2) is 0 Å². The summed E-state index contributed by atoms with van der Waals surface area (Å²) in [5.41, 5.74) is 6.04. The number of aryl methyl sites for hydroxylation is 1. The standard InChI is InChI=1S/C14H24N2S/c1-4-12-7-5-10(2)16(12)13(9-15)14-8-6-11(3)17-14/h6,8,10,12-13H,4-5,7,9,15H2,1-3H3. The highest BCUT2D eigenvalue weighted by Gasteiger charge is 2.35. The van der Waals surface area contributed by atoms with Gasteiger partial charge in [0.15, 0.2) is 0 Å². The van der Waals surface area contributed by atoms with Crippen LogP contribution in [0.4, 0.5) is 0 Å². The van der Waals surface area contributed by atoms with Crippen molar-refractivity contribution in [3.63, 3.8) is 0 Å². The highest BCUT2D eigenvalue weighted by molar-refractivity contribution is 7.12. The monoisotopic (exact) mass is 252 g/mol. The quantitative estimate of drug-likeness (QED) is 0.890. The molecule has 0 amide bonds. The number of rotatable bonds is 4. The van der Waals surface area contributed by atoms with Crippen molar-refractivity contribution in [1.29, 1.82) is 0 Å². The largest absolute Gasteiger partial charge is 0.329 e. The lowest BCUT2D eigenvalue weighted by Crippen LogP contribution is -2.40. The Morgan fingerprint density at radius 1 is 1.47 bits per heavy atom. The molecule has 96 valence electrons. The van der Waals surface area contributed by atoms with Crippen LogP contribution in [0, 0.1) is 6.92 Å². The molecule has 1 aromatic heterocycles. The van der Waals surface area contributed by atoms with Crippen LogP contribution in [-0.2, 0) is 0 Å². The van der Waals surface area contributed by atoms with Gasteiger partial charge in [-0.2, -0.15) is 0 Å². The van der Waals surface area contributed by atoms with E-state index in [-0.39, 0.29) is 0 Å². The van der Waals surface area contributed by atoms with E-state index in [1.165, 1.54) is 29.0 Å². The first-order valence-electron chi connectivity index (χ1n) is 6.71. The van der Waals surface area contributed by atoms with Crippen molar-refractivity contribution in [2.75, 3.05) is 6.54 Å². The second-order valence-electron chi connectivity index (χ2n) is 5.14. The molecule has 0 spiro atoms.